The lowest BCUT2D eigenvalue weighted by Gasteiger charge is -2.40. The monoisotopic (exact) mass is 318 g/mol. The summed E-state index contributed by atoms with van der Waals surface area (Å²) in [5, 5.41) is 22.6. The summed E-state index contributed by atoms with van der Waals surface area (Å²) >= 11 is 11.5. The topological polar surface area (TPSA) is 92.5 Å². The maximum Gasteiger partial charge on any atom is 0.290 e. The Labute approximate surface area is 124 Å². The predicted molar refractivity (Wildman–Crippen MR) is 74.3 cm³/mol. The molecule has 108 valence electrons. The zero-order valence-corrected chi connectivity index (χ0v) is 11.9. The summed E-state index contributed by atoms with van der Waals surface area (Å²) in [5.74, 6) is -0.514. The molecule has 2 N–H and O–H groups in total. The van der Waals surface area contributed by atoms with Crippen LogP contribution in [-0.2, 0) is 0 Å². The van der Waals surface area contributed by atoms with Crippen molar-refractivity contribution in [2.45, 2.75) is 24.8 Å². The first-order valence-electron chi connectivity index (χ1n) is 5.95. The van der Waals surface area contributed by atoms with Crippen LogP contribution in [0.25, 0.3) is 0 Å². The van der Waals surface area contributed by atoms with E-state index in [1.807, 2.05) is 0 Å². The van der Waals surface area contributed by atoms with Gasteiger partial charge in [-0.3, -0.25) is 14.9 Å². The molecule has 0 aliphatic heterocycles. The third-order valence-electron chi connectivity index (χ3n) is 3.46. The highest BCUT2D eigenvalue weighted by molar-refractivity contribution is 6.43. The number of aliphatic hydroxyl groups is 1. The molecular weight excluding hydrogens is 307 g/mol. The van der Waals surface area contributed by atoms with E-state index in [9.17, 15) is 20.0 Å². The molecule has 0 heterocycles. The van der Waals surface area contributed by atoms with Gasteiger partial charge in [-0.05, 0) is 25.3 Å². The van der Waals surface area contributed by atoms with Crippen LogP contribution >= 0.6 is 23.2 Å². The predicted octanol–water partition coefficient (Wildman–Crippen LogP) is 2.55. The van der Waals surface area contributed by atoms with Crippen LogP contribution in [0.15, 0.2) is 12.1 Å². The molecule has 0 unspecified atom stereocenters. The number of carbonyl (C=O) groups excluding carboxylic acids is 1. The summed E-state index contributed by atoms with van der Waals surface area (Å²) in [5.41, 5.74) is -1.00. The quantitative estimate of drug-likeness (QED) is 0.659. The normalized spacial score (nSPS) is 16.4. The highest BCUT2D eigenvalue weighted by atomic mass is 35.5. The average molecular weight is 319 g/mol. The van der Waals surface area contributed by atoms with Gasteiger partial charge in [-0.2, -0.15) is 0 Å². The molecule has 1 saturated carbocycles. The van der Waals surface area contributed by atoms with Gasteiger partial charge in [-0.1, -0.05) is 23.2 Å². The molecule has 6 nitrogen and oxygen atoms in total. The van der Waals surface area contributed by atoms with Gasteiger partial charge in [0, 0.05) is 11.6 Å². The van der Waals surface area contributed by atoms with E-state index in [0.717, 1.165) is 12.5 Å². The third kappa shape index (κ3) is 2.72. The van der Waals surface area contributed by atoms with Crippen LogP contribution in [0.1, 0.15) is 29.6 Å². The Bertz CT molecular complexity index is 567. The summed E-state index contributed by atoms with van der Waals surface area (Å²) < 4.78 is 0. The summed E-state index contributed by atoms with van der Waals surface area (Å²) in [6, 6.07) is 2.35. The fourth-order valence-electron chi connectivity index (χ4n) is 2.08. The number of rotatable bonds is 4. The highest BCUT2D eigenvalue weighted by Gasteiger charge is 2.38. The zero-order valence-electron chi connectivity index (χ0n) is 10.4. The zero-order chi connectivity index (χ0) is 14.9. The van der Waals surface area contributed by atoms with E-state index in [-0.39, 0.29) is 22.2 Å². The molecule has 1 aliphatic rings. The number of aliphatic hydroxyl groups excluding tert-OH is 1. The Morgan fingerprint density at radius 1 is 1.45 bits per heavy atom. The largest absolute Gasteiger partial charge is 0.394 e. The summed E-state index contributed by atoms with van der Waals surface area (Å²) in [4.78, 5) is 22.3. The van der Waals surface area contributed by atoms with Gasteiger partial charge >= 0.3 is 0 Å². The summed E-state index contributed by atoms with van der Waals surface area (Å²) in [6.07, 6.45) is 2.28. The fraction of sp³-hybridized carbons (Fsp3) is 0.417. The van der Waals surface area contributed by atoms with Gasteiger partial charge < -0.3 is 10.4 Å². The van der Waals surface area contributed by atoms with Crippen LogP contribution in [0.2, 0.25) is 10.0 Å². The second kappa shape index (κ2) is 5.55. The van der Waals surface area contributed by atoms with Crippen LogP contribution in [0.3, 0.4) is 0 Å². The van der Waals surface area contributed by atoms with Crippen molar-refractivity contribution < 1.29 is 14.8 Å². The van der Waals surface area contributed by atoms with E-state index in [4.69, 9.17) is 23.2 Å². The maximum absolute atomic E-state index is 12.1. The van der Waals surface area contributed by atoms with E-state index < -0.39 is 22.1 Å². The Hall–Kier alpha value is -1.37. The number of nitro groups is 1. The van der Waals surface area contributed by atoms with Gasteiger partial charge in [0.1, 0.15) is 5.02 Å². The number of benzene rings is 1. The van der Waals surface area contributed by atoms with Gasteiger partial charge in [0.25, 0.3) is 11.6 Å². The maximum atomic E-state index is 12.1. The van der Waals surface area contributed by atoms with Crippen LogP contribution < -0.4 is 5.32 Å². The number of halogens is 2. The molecule has 1 aromatic carbocycles. The first-order chi connectivity index (χ1) is 9.38. The molecule has 1 amide bonds. The van der Waals surface area contributed by atoms with Crippen molar-refractivity contribution in [2.24, 2.45) is 0 Å². The second-order valence-electron chi connectivity index (χ2n) is 4.79. The van der Waals surface area contributed by atoms with Crippen LogP contribution in [0.4, 0.5) is 5.69 Å². The second-order valence-corrected chi connectivity index (χ2v) is 5.58. The van der Waals surface area contributed by atoms with Crippen molar-refractivity contribution in [1.82, 2.24) is 5.32 Å². The number of nitrogens with one attached hydrogen (secondary N) is 1. The average Bonchev–Trinajstić information content (AvgIpc) is 2.36. The fourth-order valence-corrected chi connectivity index (χ4v) is 2.47. The molecule has 1 aliphatic carbocycles. The minimum absolute atomic E-state index is 0.0471. The van der Waals surface area contributed by atoms with Crippen molar-refractivity contribution >= 4 is 34.8 Å². The van der Waals surface area contributed by atoms with Gasteiger partial charge in [0.2, 0.25) is 0 Å². The molecule has 8 heteroatoms. The number of nitro benzene ring substituents is 1. The number of hydrogen-bond acceptors (Lipinski definition) is 4. The van der Waals surface area contributed by atoms with E-state index in [0.29, 0.717) is 12.8 Å². The van der Waals surface area contributed by atoms with Crippen molar-refractivity contribution in [1.29, 1.82) is 0 Å². The van der Waals surface area contributed by atoms with E-state index >= 15 is 0 Å². The van der Waals surface area contributed by atoms with E-state index in [1.54, 1.807) is 0 Å². The van der Waals surface area contributed by atoms with Crippen molar-refractivity contribution in [2.75, 3.05) is 6.61 Å². The number of nitrogens with zero attached hydrogens (tertiary/aromatic N) is 1. The highest BCUT2D eigenvalue weighted by Crippen LogP contribution is 2.34. The van der Waals surface area contributed by atoms with Crippen LogP contribution in [-0.4, -0.2) is 28.1 Å². The minimum Gasteiger partial charge on any atom is -0.394 e. The molecule has 0 spiro atoms. The van der Waals surface area contributed by atoms with Gasteiger partial charge in [0.15, 0.2) is 0 Å². The molecular formula is C12H12Cl2N2O4. The SMILES string of the molecule is O=C(NC1(CO)CCC1)c1cc(Cl)c(Cl)c([N+](=O)[O-])c1. The van der Waals surface area contributed by atoms with E-state index in [1.165, 1.54) is 6.07 Å². The standard InChI is InChI=1S/C12H12Cl2N2O4/c13-8-4-7(5-9(10(8)14)16(19)20)11(18)15-12(6-17)2-1-3-12/h4-5,17H,1-3,6H2,(H,15,18). The Balaban J connectivity index is 2.28. The molecule has 0 aromatic heterocycles. The van der Waals surface area contributed by atoms with Gasteiger partial charge in [-0.15, -0.1) is 0 Å². The molecule has 1 fully saturated rings. The van der Waals surface area contributed by atoms with Gasteiger partial charge in [-0.25, -0.2) is 0 Å². The molecule has 0 bridgehead atoms. The number of amides is 1. The molecule has 0 saturated heterocycles. The molecule has 0 radical (unpaired) electrons. The molecule has 2 rings (SSSR count). The first-order valence-corrected chi connectivity index (χ1v) is 6.71. The smallest absolute Gasteiger partial charge is 0.290 e. The first kappa shape index (κ1) is 15.0. The Kier molecular flexibility index (Phi) is 4.17. The van der Waals surface area contributed by atoms with Crippen molar-refractivity contribution in [3.05, 3.63) is 37.9 Å². The third-order valence-corrected chi connectivity index (χ3v) is 4.25. The lowest BCUT2D eigenvalue weighted by Crippen LogP contribution is -2.56. The van der Waals surface area contributed by atoms with Crippen LogP contribution in [0.5, 0.6) is 0 Å². The number of hydrogen-bond donors (Lipinski definition) is 2. The lowest BCUT2D eigenvalue weighted by molar-refractivity contribution is -0.384. The van der Waals surface area contributed by atoms with Crippen molar-refractivity contribution in [3.63, 3.8) is 0 Å². The minimum atomic E-state index is -0.698. The van der Waals surface area contributed by atoms with Crippen molar-refractivity contribution in [3.8, 4) is 0 Å². The summed E-state index contributed by atoms with van der Waals surface area (Å²) in [7, 11) is 0. The molecule has 20 heavy (non-hydrogen) atoms. The summed E-state index contributed by atoms with van der Waals surface area (Å²) in [6.45, 7) is -0.165. The van der Waals surface area contributed by atoms with Gasteiger partial charge in [0.05, 0.1) is 22.1 Å². The van der Waals surface area contributed by atoms with Crippen LogP contribution in [0, 0.1) is 10.1 Å². The molecule has 0 atom stereocenters. The Morgan fingerprint density at radius 3 is 2.55 bits per heavy atom. The lowest BCUT2D eigenvalue weighted by atomic mass is 9.77. The number of carbonyl (C=O) groups is 1. The Morgan fingerprint density at radius 2 is 2.10 bits per heavy atom. The van der Waals surface area contributed by atoms with E-state index in [2.05, 4.69) is 5.32 Å². The molecule has 1 aromatic rings.